The molecular weight excluding hydrogens is 354 g/mol. The van der Waals surface area contributed by atoms with Gasteiger partial charge in [-0.25, -0.2) is 0 Å². The Labute approximate surface area is 168 Å². The van der Waals surface area contributed by atoms with Crippen LogP contribution in [0, 0.1) is 0 Å². The smallest absolute Gasteiger partial charge is 0.217 e. The van der Waals surface area contributed by atoms with E-state index in [1.54, 1.807) is 0 Å². The first-order valence-corrected chi connectivity index (χ1v) is 14.2. The zero-order valence-electron chi connectivity index (χ0n) is 18.7. The van der Waals surface area contributed by atoms with E-state index in [-0.39, 0.29) is 6.29 Å². The Morgan fingerprint density at radius 2 is 1.44 bits per heavy atom. The largest absolute Gasteiger partial charge is 0.466 e. The third-order valence-corrected chi connectivity index (χ3v) is 8.30. The van der Waals surface area contributed by atoms with Crippen LogP contribution in [0.4, 0.5) is 0 Å². The number of furan rings is 1. The molecular formula is C22H43NO3Si. The summed E-state index contributed by atoms with van der Waals surface area (Å²) in [5, 5.41) is 1.16. The normalized spacial score (nSPS) is 12.4. The van der Waals surface area contributed by atoms with Gasteiger partial charge >= 0.3 is 0 Å². The van der Waals surface area contributed by atoms with Gasteiger partial charge in [-0.05, 0) is 70.9 Å². The minimum atomic E-state index is -1.58. The molecule has 1 heterocycles. The molecule has 0 N–H and O–H groups in total. The second kappa shape index (κ2) is 13.5. The van der Waals surface area contributed by atoms with Crippen molar-refractivity contribution < 1.29 is 13.9 Å². The summed E-state index contributed by atoms with van der Waals surface area (Å²) in [5.41, 5.74) is 0. The molecule has 0 saturated heterocycles. The first-order chi connectivity index (χ1) is 13.0. The Morgan fingerprint density at radius 3 is 1.96 bits per heavy atom. The van der Waals surface area contributed by atoms with Gasteiger partial charge in [0.25, 0.3) is 0 Å². The molecule has 0 amide bonds. The number of hydrogen-bond acceptors (Lipinski definition) is 4. The van der Waals surface area contributed by atoms with Crippen LogP contribution in [-0.4, -0.2) is 45.8 Å². The highest BCUT2D eigenvalue weighted by Gasteiger charge is 2.28. The van der Waals surface area contributed by atoms with Gasteiger partial charge in [0.1, 0.15) is 8.07 Å². The van der Waals surface area contributed by atoms with Crippen LogP contribution >= 0.6 is 0 Å². The van der Waals surface area contributed by atoms with E-state index < -0.39 is 8.07 Å². The van der Waals surface area contributed by atoms with Crippen LogP contribution in [0.15, 0.2) is 16.5 Å². The molecule has 1 aromatic heterocycles. The molecule has 0 aromatic carbocycles. The van der Waals surface area contributed by atoms with Gasteiger partial charge in [-0.2, -0.15) is 0 Å². The lowest BCUT2D eigenvalue weighted by Crippen LogP contribution is -2.41. The van der Waals surface area contributed by atoms with Gasteiger partial charge in [0.05, 0.1) is 5.38 Å². The SMILES string of the molecule is CCCCN(CCCC)CCC[Si](C)(C)c1ccc(C(OCC)OCC)o1. The van der Waals surface area contributed by atoms with E-state index in [1.165, 1.54) is 57.8 Å². The predicted molar refractivity (Wildman–Crippen MR) is 117 cm³/mol. The number of ether oxygens (including phenoxy) is 2. The van der Waals surface area contributed by atoms with Crippen molar-refractivity contribution in [2.45, 2.75) is 85.2 Å². The first-order valence-electron chi connectivity index (χ1n) is 11.0. The van der Waals surface area contributed by atoms with E-state index in [9.17, 15) is 0 Å². The average Bonchev–Trinajstić information content (AvgIpc) is 3.14. The van der Waals surface area contributed by atoms with Crippen molar-refractivity contribution >= 4 is 13.5 Å². The minimum Gasteiger partial charge on any atom is -0.466 e. The van der Waals surface area contributed by atoms with E-state index in [1.807, 2.05) is 19.9 Å². The summed E-state index contributed by atoms with van der Waals surface area (Å²) in [6.07, 6.45) is 6.04. The molecule has 1 rings (SSSR count). The molecule has 27 heavy (non-hydrogen) atoms. The van der Waals surface area contributed by atoms with E-state index in [0.29, 0.717) is 13.2 Å². The number of rotatable bonds is 16. The van der Waals surface area contributed by atoms with E-state index in [4.69, 9.17) is 13.9 Å². The van der Waals surface area contributed by atoms with Crippen molar-refractivity contribution in [1.29, 1.82) is 0 Å². The fourth-order valence-electron chi connectivity index (χ4n) is 3.33. The highest BCUT2D eigenvalue weighted by Crippen LogP contribution is 2.22. The predicted octanol–water partition coefficient (Wildman–Crippen LogP) is 5.56. The molecule has 0 bridgehead atoms. The fraction of sp³-hybridized carbons (Fsp3) is 0.818. The second-order valence-electron chi connectivity index (χ2n) is 7.98. The van der Waals surface area contributed by atoms with Gasteiger partial charge in [0.15, 0.2) is 5.76 Å². The van der Waals surface area contributed by atoms with Crippen LogP contribution in [-0.2, 0) is 9.47 Å². The standard InChI is InChI=1S/C22H43NO3Si/c1-7-11-16-23(17-12-8-2)18-13-19-27(5,6)21-15-14-20(26-21)22(24-9-3)25-10-4/h14-15,22H,7-13,16-19H2,1-6H3. The third kappa shape index (κ3) is 8.94. The maximum atomic E-state index is 6.20. The molecule has 4 nitrogen and oxygen atoms in total. The van der Waals surface area contributed by atoms with Gasteiger partial charge in [0.2, 0.25) is 6.29 Å². The molecule has 0 aliphatic heterocycles. The second-order valence-corrected chi connectivity index (χ2v) is 12.7. The summed E-state index contributed by atoms with van der Waals surface area (Å²) in [6, 6.07) is 5.44. The summed E-state index contributed by atoms with van der Waals surface area (Å²) < 4.78 is 17.6. The summed E-state index contributed by atoms with van der Waals surface area (Å²) >= 11 is 0. The Morgan fingerprint density at radius 1 is 0.889 bits per heavy atom. The van der Waals surface area contributed by atoms with Crippen molar-refractivity contribution in [1.82, 2.24) is 4.90 Å². The van der Waals surface area contributed by atoms with Gasteiger partial charge in [-0.3, -0.25) is 0 Å². The van der Waals surface area contributed by atoms with E-state index in [0.717, 1.165) is 11.1 Å². The first kappa shape index (κ1) is 24.4. The maximum absolute atomic E-state index is 6.20. The zero-order valence-corrected chi connectivity index (χ0v) is 19.7. The Kier molecular flexibility index (Phi) is 12.2. The maximum Gasteiger partial charge on any atom is 0.217 e. The van der Waals surface area contributed by atoms with Crippen LogP contribution < -0.4 is 5.38 Å². The van der Waals surface area contributed by atoms with Crippen molar-refractivity contribution in [2.75, 3.05) is 32.8 Å². The molecule has 158 valence electrons. The summed E-state index contributed by atoms with van der Waals surface area (Å²) in [5.74, 6) is 0.807. The lowest BCUT2D eigenvalue weighted by molar-refractivity contribution is -0.150. The summed E-state index contributed by atoms with van der Waals surface area (Å²) in [4.78, 5) is 2.66. The Balaban J connectivity index is 2.60. The molecule has 1 aromatic rings. The van der Waals surface area contributed by atoms with Crippen molar-refractivity contribution in [2.24, 2.45) is 0 Å². The van der Waals surface area contributed by atoms with Crippen molar-refractivity contribution in [3.05, 3.63) is 17.9 Å². The van der Waals surface area contributed by atoms with E-state index >= 15 is 0 Å². The van der Waals surface area contributed by atoms with Gasteiger partial charge in [-0.1, -0.05) is 39.8 Å². The van der Waals surface area contributed by atoms with Gasteiger partial charge in [-0.15, -0.1) is 0 Å². The van der Waals surface area contributed by atoms with Crippen LogP contribution in [0.2, 0.25) is 19.1 Å². The highest BCUT2D eigenvalue weighted by atomic mass is 28.3. The molecule has 0 spiro atoms. The van der Waals surface area contributed by atoms with Crippen LogP contribution in [0.25, 0.3) is 0 Å². The topological polar surface area (TPSA) is 34.8 Å². The zero-order chi connectivity index (χ0) is 20.1. The number of hydrogen-bond donors (Lipinski definition) is 0. The fourth-order valence-corrected chi connectivity index (χ4v) is 5.54. The lowest BCUT2D eigenvalue weighted by atomic mass is 10.2. The Hall–Kier alpha value is -0.623. The van der Waals surface area contributed by atoms with E-state index in [2.05, 4.69) is 37.9 Å². The van der Waals surface area contributed by atoms with Crippen molar-refractivity contribution in [3.63, 3.8) is 0 Å². The molecule has 5 heteroatoms. The quantitative estimate of drug-likeness (QED) is 0.270. The number of nitrogens with zero attached hydrogens (tertiary/aromatic N) is 1. The van der Waals surface area contributed by atoms with Crippen molar-refractivity contribution in [3.8, 4) is 0 Å². The minimum absolute atomic E-state index is 0.378. The lowest BCUT2D eigenvalue weighted by Gasteiger charge is -2.25. The molecule has 0 atom stereocenters. The van der Waals surface area contributed by atoms with Crippen LogP contribution in [0.1, 0.15) is 71.8 Å². The Bertz CT molecular complexity index is 476. The average molecular weight is 398 g/mol. The molecule has 0 radical (unpaired) electrons. The highest BCUT2D eigenvalue weighted by molar-refractivity contribution is 6.88. The monoisotopic (exact) mass is 397 g/mol. The summed E-state index contributed by atoms with van der Waals surface area (Å²) in [6.45, 7) is 18.3. The van der Waals surface area contributed by atoms with Gasteiger partial charge < -0.3 is 18.8 Å². The number of unbranched alkanes of at least 4 members (excludes halogenated alkanes) is 2. The van der Waals surface area contributed by atoms with Gasteiger partial charge in [0, 0.05) is 13.2 Å². The molecule has 0 aliphatic carbocycles. The third-order valence-electron chi connectivity index (χ3n) is 5.09. The molecule has 0 aliphatic rings. The van der Waals surface area contributed by atoms with Crippen LogP contribution in [0.5, 0.6) is 0 Å². The molecule has 0 unspecified atom stereocenters. The molecule has 0 saturated carbocycles. The van der Waals surface area contributed by atoms with Crippen LogP contribution in [0.3, 0.4) is 0 Å². The molecule has 0 fully saturated rings. The summed E-state index contributed by atoms with van der Waals surface area (Å²) in [7, 11) is -1.58.